The molecule has 0 aromatic carbocycles. The van der Waals surface area contributed by atoms with Crippen LogP contribution in [0.3, 0.4) is 0 Å². The van der Waals surface area contributed by atoms with Gasteiger partial charge in [-0.15, -0.1) is 0 Å². The first kappa shape index (κ1) is 22.5. The molecule has 2 unspecified atom stereocenters. The molecular weight excluding hydrogens is 343 g/mol. The van der Waals surface area contributed by atoms with Crippen LogP contribution in [0.25, 0.3) is 0 Å². The molecule has 0 bridgehead atoms. The van der Waals surface area contributed by atoms with Gasteiger partial charge in [0.05, 0.1) is 10.1 Å². The van der Waals surface area contributed by atoms with Gasteiger partial charge in [0.1, 0.15) is 12.2 Å². The highest BCUT2D eigenvalue weighted by molar-refractivity contribution is 6.53. The summed E-state index contributed by atoms with van der Waals surface area (Å²) in [6.07, 6.45) is -0.451. The summed E-state index contributed by atoms with van der Waals surface area (Å²) in [4.78, 5) is 40.2. The van der Waals surface area contributed by atoms with Gasteiger partial charge in [-0.05, 0) is 13.8 Å². The zero-order chi connectivity index (χ0) is 18.0. The lowest BCUT2D eigenvalue weighted by molar-refractivity contribution is -0.146. The molecule has 0 aromatic heterocycles. The number of carboxylic acid groups (broad SMARTS) is 2. The molecule has 0 spiro atoms. The number of ketones is 2. The minimum atomic E-state index is -1.23. The molecule has 0 heterocycles. The van der Waals surface area contributed by atoms with Gasteiger partial charge in [-0.1, -0.05) is 23.2 Å². The van der Waals surface area contributed by atoms with Crippen molar-refractivity contribution < 1.29 is 39.6 Å². The summed E-state index contributed by atoms with van der Waals surface area (Å²) in [5.74, 6) is -3.22. The summed E-state index contributed by atoms with van der Waals surface area (Å²) in [5.41, 5.74) is 0. The highest BCUT2D eigenvalue weighted by atomic mass is 35.5. The Balaban J connectivity index is 0. The van der Waals surface area contributed by atoms with Crippen LogP contribution in [0.15, 0.2) is 22.2 Å². The Morgan fingerprint density at radius 3 is 1.18 bits per heavy atom. The fraction of sp³-hybridized carbons (Fsp3) is 0.333. The van der Waals surface area contributed by atoms with Crippen molar-refractivity contribution >= 4 is 46.7 Å². The van der Waals surface area contributed by atoms with Crippen molar-refractivity contribution in [1.29, 1.82) is 0 Å². The Bertz CT molecular complexity index is 459. The largest absolute Gasteiger partial charge is 0.479 e. The normalized spacial score (nSPS) is 15.9. The van der Waals surface area contributed by atoms with Gasteiger partial charge in [-0.25, -0.2) is 9.59 Å². The molecule has 1 aliphatic rings. The van der Waals surface area contributed by atoms with E-state index in [1.165, 1.54) is 13.8 Å². The molecule has 0 aliphatic heterocycles. The molecule has 0 fully saturated rings. The predicted octanol–water partition coefficient (Wildman–Crippen LogP) is 0.287. The smallest absolute Gasteiger partial charge is 0.332 e. The zero-order valence-corrected chi connectivity index (χ0v) is 13.0. The first-order valence-corrected chi connectivity index (χ1v) is 6.30. The lowest BCUT2D eigenvalue weighted by atomic mass is 10.2. The minimum Gasteiger partial charge on any atom is -0.479 e. The Kier molecular flexibility index (Phi) is 11.2. The molecule has 4 N–H and O–H groups in total. The standard InChI is InChI=1S/C6H2Cl2O2.2C3H6O3/c7-3-1-5(9)4(8)2-6(3)10;2*1-2(4)3(5)6/h1-2H;2*2,4H,1H3,(H,5,6). The summed E-state index contributed by atoms with van der Waals surface area (Å²) in [6.45, 7) is 2.39. The monoisotopic (exact) mass is 356 g/mol. The van der Waals surface area contributed by atoms with Crippen molar-refractivity contribution in [1.82, 2.24) is 0 Å². The Hall–Kier alpha value is -1.74. The molecule has 0 radical (unpaired) electrons. The summed E-state index contributed by atoms with van der Waals surface area (Å²) in [5, 5.41) is 31.4. The first-order valence-electron chi connectivity index (χ1n) is 5.54. The van der Waals surface area contributed by atoms with Gasteiger partial charge >= 0.3 is 11.9 Å². The van der Waals surface area contributed by atoms with Crippen molar-refractivity contribution in [3.05, 3.63) is 22.2 Å². The number of hydrogen-bond donors (Lipinski definition) is 4. The predicted molar refractivity (Wildman–Crippen MR) is 76.5 cm³/mol. The maximum Gasteiger partial charge on any atom is 0.332 e. The van der Waals surface area contributed by atoms with E-state index in [0.29, 0.717) is 0 Å². The van der Waals surface area contributed by atoms with Gasteiger partial charge in [-0.3, -0.25) is 9.59 Å². The van der Waals surface area contributed by atoms with E-state index < -0.39 is 35.7 Å². The first-order chi connectivity index (χ1) is 9.89. The second kappa shape index (κ2) is 10.9. The molecule has 0 aromatic rings. The third-order valence-electron chi connectivity index (χ3n) is 1.70. The molecule has 8 nitrogen and oxygen atoms in total. The summed E-state index contributed by atoms with van der Waals surface area (Å²) >= 11 is 10.6. The maximum atomic E-state index is 10.6. The summed E-state index contributed by atoms with van der Waals surface area (Å²) < 4.78 is 0. The van der Waals surface area contributed by atoms with Crippen molar-refractivity contribution in [2.45, 2.75) is 26.1 Å². The lowest BCUT2D eigenvalue weighted by Gasteiger charge is -1.99. The van der Waals surface area contributed by atoms with Crippen LogP contribution in [0.5, 0.6) is 0 Å². The highest BCUT2D eigenvalue weighted by Gasteiger charge is 2.16. The van der Waals surface area contributed by atoms with Gasteiger partial charge in [0.15, 0.2) is 11.6 Å². The fourth-order valence-electron chi connectivity index (χ4n) is 0.510. The maximum absolute atomic E-state index is 10.6. The van der Waals surface area contributed by atoms with E-state index in [9.17, 15) is 19.2 Å². The van der Waals surface area contributed by atoms with Gasteiger partial charge in [0.2, 0.25) is 0 Å². The number of carboxylic acids is 2. The van der Waals surface area contributed by atoms with E-state index in [0.717, 1.165) is 12.2 Å². The summed E-state index contributed by atoms with van der Waals surface area (Å²) in [6, 6.07) is 0. The molecule has 1 aliphatic carbocycles. The van der Waals surface area contributed by atoms with Crippen LogP contribution in [0.2, 0.25) is 0 Å². The number of carbonyl (C=O) groups is 4. The van der Waals surface area contributed by atoms with Crippen LogP contribution in [-0.4, -0.2) is 56.1 Å². The topological polar surface area (TPSA) is 149 Å². The number of halogens is 2. The second-order valence-corrected chi connectivity index (χ2v) is 4.56. The molecule has 2 atom stereocenters. The third-order valence-corrected chi connectivity index (χ3v) is 2.29. The molecular formula is C12H14Cl2O8. The lowest BCUT2D eigenvalue weighted by Crippen LogP contribution is -2.13. The Morgan fingerprint density at radius 2 is 1.05 bits per heavy atom. The number of rotatable bonds is 2. The molecule has 0 saturated carbocycles. The van der Waals surface area contributed by atoms with Crippen molar-refractivity contribution in [2.75, 3.05) is 0 Å². The Labute approximate surface area is 135 Å². The number of aliphatic carboxylic acids is 2. The highest BCUT2D eigenvalue weighted by Crippen LogP contribution is 2.16. The van der Waals surface area contributed by atoms with Crippen LogP contribution in [0.1, 0.15) is 13.8 Å². The Morgan fingerprint density at radius 1 is 0.864 bits per heavy atom. The quantitative estimate of drug-likeness (QED) is 0.515. The van der Waals surface area contributed by atoms with Crippen molar-refractivity contribution in [2.24, 2.45) is 0 Å². The molecule has 1 rings (SSSR count). The molecule has 0 amide bonds. The molecule has 0 saturated heterocycles. The van der Waals surface area contributed by atoms with E-state index in [2.05, 4.69) is 0 Å². The van der Waals surface area contributed by atoms with E-state index in [-0.39, 0.29) is 10.1 Å². The fourth-order valence-corrected chi connectivity index (χ4v) is 0.818. The summed E-state index contributed by atoms with van der Waals surface area (Å²) in [7, 11) is 0. The third kappa shape index (κ3) is 11.0. The van der Waals surface area contributed by atoms with Gasteiger partial charge in [0, 0.05) is 12.2 Å². The van der Waals surface area contributed by atoms with Gasteiger partial charge in [0.25, 0.3) is 0 Å². The number of aliphatic hydroxyl groups is 2. The number of hydrogen-bond acceptors (Lipinski definition) is 6. The number of carbonyl (C=O) groups excluding carboxylic acids is 2. The van der Waals surface area contributed by atoms with Crippen molar-refractivity contribution in [3.8, 4) is 0 Å². The average Bonchev–Trinajstić information content (AvgIpc) is 2.37. The van der Waals surface area contributed by atoms with E-state index in [1.54, 1.807) is 0 Å². The SMILES string of the molecule is CC(O)C(=O)O.CC(O)C(=O)O.O=C1C=C(Cl)C(=O)C=C1Cl. The second-order valence-electron chi connectivity index (χ2n) is 3.74. The van der Waals surface area contributed by atoms with Gasteiger partial charge < -0.3 is 20.4 Å². The van der Waals surface area contributed by atoms with Crippen LogP contribution >= 0.6 is 23.2 Å². The van der Waals surface area contributed by atoms with E-state index in [4.69, 9.17) is 43.6 Å². The van der Waals surface area contributed by atoms with Crippen molar-refractivity contribution in [3.63, 3.8) is 0 Å². The molecule has 124 valence electrons. The number of aliphatic hydroxyl groups excluding tert-OH is 2. The molecule has 22 heavy (non-hydrogen) atoms. The number of allylic oxidation sites excluding steroid dienone is 4. The molecule has 10 heteroatoms. The van der Waals surface area contributed by atoms with E-state index in [1.807, 2.05) is 0 Å². The van der Waals surface area contributed by atoms with Gasteiger partial charge in [-0.2, -0.15) is 0 Å². The van der Waals surface area contributed by atoms with Crippen LogP contribution in [0.4, 0.5) is 0 Å². The average molecular weight is 357 g/mol. The minimum absolute atomic E-state index is 0.0885. The van der Waals surface area contributed by atoms with E-state index >= 15 is 0 Å². The van der Waals surface area contributed by atoms with Crippen LogP contribution < -0.4 is 0 Å². The van der Waals surface area contributed by atoms with Crippen LogP contribution in [-0.2, 0) is 19.2 Å². The van der Waals surface area contributed by atoms with Crippen LogP contribution in [0, 0.1) is 0 Å². The zero-order valence-electron chi connectivity index (χ0n) is 11.5.